The van der Waals surface area contributed by atoms with E-state index in [4.69, 9.17) is 19.2 Å². The first-order chi connectivity index (χ1) is 27.6. The minimum absolute atomic E-state index is 0.0239. The maximum atomic E-state index is 14.8. The van der Waals surface area contributed by atoms with Gasteiger partial charge in [-0.25, -0.2) is 13.4 Å². The molecule has 17 heteroatoms. The maximum Gasteiger partial charge on any atom is 0.272 e. The number of nitrogens with zero attached hydrogens (tertiary/aromatic N) is 4. The molecule has 0 radical (unpaired) electrons. The molecule has 7 rings (SSSR count). The molecular formula is C41H53N7O9S. The minimum atomic E-state index is -3.91. The lowest BCUT2D eigenvalue weighted by Gasteiger charge is -2.29. The highest BCUT2D eigenvalue weighted by Crippen LogP contribution is 2.46. The van der Waals surface area contributed by atoms with E-state index >= 15 is 0 Å². The number of rotatable bonds is 10. The largest absolute Gasteiger partial charge is 0.496 e. The van der Waals surface area contributed by atoms with Gasteiger partial charge < -0.3 is 29.7 Å². The summed E-state index contributed by atoms with van der Waals surface area (Å²) < 4.78 is 47.9. The summed E-state index contributed by atoms with van der Waals surface area (Å²) in [5, 5.41) is 10.1. The van der Waals surface area contributed by atoms with Crippen molar-refractivity contribution in [3.63, 3.8) is 0 Å². The Kier molecular flexibility index (Phi) is 11.5. The zero-order valence-electron chi connectivity index (χ0n) is 33.9. The van der Waals surface area contributed by atoms with Crippen LogP contribution in [0.15, 0.2) is 36.4 Å². The Morgan fingerprint density at radius 1 is 1.05 bits per heavy atom. The summed E-state index contributed by atoms with van der Waals surface area (Å²) in [6.07, 6.45) is 7.26. The standard InChI is InChI=1S/C41H53N7O9S/c1-23(2)56-35-20-34(29-16-17-33(55-6)25(4)36(29)43-35)57-27-19-32-38(50)44-41(40(52)46-58(53,54)28-14-15-28)21-26(41)12-10-8-7-9-11-13-30(39(51)48(32)22-27)42-37(49)31-18-24(3)47(5)45-31/h10,12,16-18,20,23,26-28,30,32H,7-9,11,13-15,19,21-22H2,1-6H3,(H,42,49)(H,44,50)(H,46,52)/t26-,27-,30+,32+,41-/m1/s1. The van der Waals surface area contributed by atoms with E-state index in [1.165, 1.54) is 4.90 Å². The number of amides is 4. The van der Waals surface area contributed by atoms with Crippen LogP contribution >= 0.6 is 0 Å². The summed E-state index contributed by atoms with van der Waals surface area (Å²) in [6.45, 7) is 7.45. The van der Waals surface area contributed by atoms with Gasteiger partial charge in [-0.2, -0.15) is 5.10 Å². The number of methoxy groups -OCH3 is 1. The third-order valence-electron chi connectivity index (χ3n) is 11.5. The summed E-state index contributed by atoms with van der Waals surface area (Å²) in [6, 6.07) is 4.85. The van der Waals surface area contributed by atoms with Gasteiger partial charge in [-0.1, -0.05) is 25.0 Å². The number of hydrogen-bond donors (Lipinski definition) is 3. The third kappa shape index (κ3) is 8.50. The van der Waals surface area contributed by atoms with Gasteiger partial charge in [0.25, 0.3) is 11.8 Å². The molecule has 3 N–H and O–H groups in total. The fourth-order valence-corrected chi connectivity index (χ4v) is 9.27. The number of fused-ring (bicyclic) bond motifs is 3. The van der Waals surface area contributed by atoms with E-state index in [1.807, 2.05) is 52.0 Å². The molecule has 2 saturated carbocycles. The zero-order chi connectivity index (χ0) is 41.5. The lowest BCUT2D eigenvalue weighted by molar-refractivity contribution is -0.141. The second kappa shape index (κ2) is 16.2. The van der Waals surface area contributed by atoms with E-state index in [0.29, 0.717) is 60.4 Å². The van der Waals surface area contributed by atoms with E-state index in [-0.39, 0.29) is 31.2 Å². The summed E-state index contributed by atoms with van der Waals surface area (Å²) in [5.74, 6) is -1.48. The molecule has 58 heavy (non-hydrogen) atoms. The van der Waals surface area contributed by atoms with Crippen LogP contribution in [0.2, 0.25) is 0 Å². The Morgan fingerprint density at radius 3 is 2.52 bits per heavy atom. The number of hydrogen-bond acceptors (Lipinski definition) is 11. The highest BCUT2D eigenvalue weighted by atomic mass is 32.2. The van der Waals surface area contributed by atoms with Crippen molar-refractivity contribution in [3.8, 4) is 17.4 Å². The van der Waals surface area contributed by atoms with Crippen LogP contribution in [-0.2, 0) is 31.5 Å². The molecule has 16 nitrogen and oxygen atoms in total. The quantitative estimate of drug-likeness (QED) is 0.253. The SMILES string of the molecule is COc1ccc2c(O[C@@H]3C[C@H]4C(=O)N[C@]5(C(=O)NS(=O)(=O)C6CC6)C[C@H]5C=CCCCCC[C@H](NC(=O)c5cc(C)n(C)n5)C(=O)N4C3)cc(OC(C)C)nc2c1C. The maximum absolute atomic E-state index is 14.8. The van der Waals surface area contributed by atoms with Gasteiger partial charge in [0.1, 0.15) is 40.9 Å². The lowest BCUT2D eigenvalue weighted by Crippen LogP contribution is -2.58. The second-order valence-electron chi connectivity index (χ2n) is 16.2. The number of carbonyl (C=O) groups is 4. The molecule has 0 bridgehead atoms. The first-order valence-electron chi connectivity index (χ1n) is 20.1. The van der Waals surface area contributed by atoms with Crippen LogP contribution in [0.25, 0.3) is 10.9 Å². The number of aryl methyl sites for hydroxylation is 3. The van der Waals surface area contributed by atoms with Crippen LogP contribution in [0.3, 0.4) is 0 Å². The van der Waals surface area contributed by atoms with Gasteiger partial charge >= 0.3 is 0 Å². The van der Waals surface area contributed by atoms with Crippen molar-refractivity contribution in [3.05, 3.63) is 53.4 Å². The summed E-state index contributed by atoms with van der Waals surface area (Å²) in [4.78, 5) is 62.9. The summed E-state index contributed by atoms with van der Waals surface area (Å²) >= 11 is 0. The Morgan fingerprint density at radius 2 is 1.83 bits per heavy atom. The minimum Gasteiger partial charge on any atom is -0.496 e. The van der Waals surface area contributed by atoms with Gasteiger partial charge in [-0.05, 0) is 84.4 Å². The van der Waals surface area contributed by atoms with Crippen LogP contribution in [0.4, 0.5) is 0 Å². The van der Waals surface area contributed by atoms with Crippen molar-refractivity contribution in [1.29, 1.82) is 0 Å². The topological polar surface area (TPSA) is 200 Å². The van der Waals surface area contributed by atoms with Crippen LogP contribution in [0.5, 0.6) is 17.4 Å². The number of nitrogens with one attached hydrogen (secondary N) is 3. The smallest absolute Gasteiger partial charge is 0.272 e. The highest BCUT2D eigenvalue weighted by molar-refractivity contribution is 7.91. The molecule has 3 fully saturated rings. The van der Waals surface area contributed by atoms with Gasteiger partial charge in [0.2, 0.25) is 27.7 Å². The fourth-order valence-electron chi connectivity index (χ4n) is 7.91. The van der Waals surface area contributed by atoms with Gasteiger partial charge in [0.05, 0.1) is 30.5 Å². The van der Waals surface area contributed by atoms with E-state index in [9.17, 15) is 27.6 Å². The molecule has 1 saturated heterocycles. The molecule has 2 aliphatic carbocycles. The van der Waals surface area contributed by atoms with Gasteiger partial charge in [0.15, 0.2) is 0 Å². The number of pyridine rings is 1. The lowest BCUT2D eigenvalue weighted by atomic mass is 10.0. The van der Waals surface area contributed by atoms with E-state index in [1.54, 1.807) is 31.0 Å². The normalized spacial score (nSPS) is 25.3. The molecule has 1 aromatic carbocycles. The Balaban J connectivity index is 1.23. The van der Waals surface area contributed by atoms with E-state index in [2.05, 4.69) is 20.5 Å². The molecule has 3 aromatic rings. The predicted molar refractivity (Wildman–Crippen MR) is 214 cm³/mol. The van der Waals surface area contributed by atoms with Crippen molar-refractivity contribution in [2.45, 2.75) is 121 Å². The third-order valence-corrected chi connectivity index (χ3v) is 13.3. The number of ether oxygens (including phenoxy) is 3. The monoisotopic (exact) mass is 819 g/mol. The average molecular weight is 820 g/mol. The van der Waals surface area contributed by atoms with Crippen LogP contribution in [-0.4, -0.2) is 100 Å². The van der Waals surface area contributed by atoms with Gasteiger partial charge in [-0.15, -0.1) is 0 Å². The van der Waals surface area contributed by atoms with E-state index < -0.39 is 68.5 Å². The van der Waals surface area contributed by atoms with Crippen molar-refractivity contribution in [2.24, 2.45) is 13.0 Å². The molecule has 4 heterocycles. The molecule has 2 aromatic heterocycles. The van der Waals surface area contributed by atoms with Gasteiger partial charge in [-0.3, -0.25) is 28.6 Å². The number of aromatic nitrogens is 3. The number of benzene rings is 1. The van der Waals surface area contributed by atoms with Crippen molar-refractivity contribution >= 4 is 44.6 Å². The first kappa shape index (κ1) is 41.0. The van der Waals surface area contributed by atoms with Crippen LogP contribution in [0.1, 0.15) is 93.4 Å². The molecule has 4 aliphatic rings. The van der Waals surface area contributed by atoms with E-state index in [0.717, 1.165) is 24.1 Å². The van der Waals surface area contributed by atoms with Crippen LogP contribution in [0, 0.1) is 19.8 Å². The number of allylic oxidation sites excluding steroid dienone is 1. The molecular weight excluding hydrogens is 767 g/mol. The Labute approximate surface area is 338 Å². The first-order valence-corrected chi connectivity index (χ1v) is 21.6. The molecule has 312 valence electrons. The number of carbonyl (C=O) groups excluding carboxylic acids is 4. The molecule has 0 unspecified atom stereocenters. The summed E-state index contributed by atoms with van der Waals surface area (Å²) in [7, 11) is -0.606. The zero-order valence-corrected chi connectivity index (χ0v) is 34.7. The molecule has 4 amide bonds. The average Bonchev–Trinajstić information content (AvgIpc) is 4.07. The van der Waals surface area contributed by atoms with Crippen LogP contribution < -0.4 is 29.6 Å². The fraction of sp³-hybridized carbons (Fsp3) is 0.561. The predicted octanol–water partition coefficient (Wildman–Crippen LogP) is 3.53. The molecule has 0 spiro atoms. The summed E-state index contributed by atoms with van der Waals surface area (Å²) in [5.41, 5.74) is 0.784. The molecule has 2 aliphatic heterocycles. The Bertz CT molecular complexity index is 2230. The number of sulfonamides is 1. The second-order valence-corrected chi connectivity index (χ2v) is 18.2. The Hall–Kier alpha value is -5.19. The van der Waals surface area contributed by atoms with Crippen molar-refractivity contribution in [2.75, 3.05) is 13.7 Å². The van der Waals surface area contributed by atoms with Gasteiger partial charge in [0, 0.05) is 42.1 Å². The highest BCUT2D eigenvalue weighted by Gasteiger charge is 2.62. The van der Waals surface area contributed by atoms with Crippen molar-refractivity contribution in [1.82, 2.24) is 35.0 Å². The molecule has 5 atom stereocenters. The van der Waals surface area contributed by atoms with Crippen molar-refractivity contribution < 1.29 is 41.8 Å².